The highest BCUT2D eigenvalue weighted by atomic mass is 16.1. The van der Waals surface area contributed by atoms with E-state index in [2.05, 4.69) is 4.98 Å². The van der Waals surface area contributed by atoms with E-state index in [4.69, 9.17) is 0 Å². The van der Waals surface area contributed by atoms with Crippen LogP contribution in [0.15, 0.2) is 72.8 Å². The smallest absolute Gasteiger partial charge is 0.212 e. The monoisotopic (exact) mass is 326 g/mol. The highest BCUT2D eigenvalue weighted by molar-refractivity contribution is 6.19. The van der Waals surface area contributed by atoms with E-state index in [9.17, 15) is 4.79 Å². The minimum Gasteiger partial charge on any atom is -0.378 e. The Hall–Kier alpha value is -3.20. The number of carbonyl (C=O) groups is 1. The second kappa shape index (κ2) is 6.02. The standard InChI is InChI=1S/C22H18N2O/c1-24(2)16-13-11-15(12-14-16)22(25)21-19-9-4-3-7-17(19)18-8-5-6-10-20(18)23-21/h3-14H,1-2H3. The minimum absolute atomic E-state index is 0.0488. The van der Waals surface area contributed by atoms with Crippen LogP contribution in [0.3, 0.4) is 0 Å². The molecule has 0 fully saturated rings. The van der Waals surface area contributed by atoms with E-state index in [1.165, 1.54) is 0 Å². The predicted molar refractivity (Wildman–Crippen MR) is 103 cm³/mol. The largest absolute Gasteiger partial charge is 0.378 e. The van der Waals surface area contributed by atoms with Crippen molar-refractivity contribution in [2.24, 2.45) is 0 Å². The molecule has 3 nitrogen and oxygen atoms in total. The zero-order chi connectivity index (χ0) is 17.4. The van der Waals surface area contributed by atoms with Gasteiger partial charge in [-0.05, 0) is 35.7 Å². The van der Waals surface area contributed by atoms with Gasteiger partial charge in [0.15, 0.2) is 0 Å². The molecule has 25 heavy (non-hydrogen) atoms. The van der Waals surface area contributed by atoms with Gasteiger partial charge in [0.1, 0.15) is 5.69 Å². The summed E-state index contributed by atoms with van der Waals surface area (Å²) < 4.78 is 0. The van der Waals surface area contributed by atoms with Crippen molar-refractivity contribution in [3.05, 3.63) is 84.1 Å². The van der Waals surface area contributed by atoms with Gasteiger partial charge in [0.2, 0.25) is 5.78 Å². The predicted octanol–water partition coefficient (Wildman–Crippen LogP) is 4.69. The average molecular weight is 326 g/mol. The SMILES string of the molecule is CN(C)c1ccc(C(=O)c2nc3ccccc3c3ccccc23)cc1. The zero-order valence-corrected chi connectivity index (χ0v) is 14.2. The van der Waals surface area contributed by atoms with Crippen LogP contribution in [0.1, 0.15) is 16.1 Å². The van der Waals surface area contributed by atoms with Crippen molar-refractivity contribution in [1.82, 2.24) is 4.98 Å². The van der Waals surface area contributed by atoms with Crippen LogP contribution in [0.5, 0.6) is 0 Å². The fraction of sp³-hybridized carbons (Fsp3) is 0.0909. The molecule has 3 heteroatoms. The van der Waals surface area contributed by atoms with E-state index in [1.807, 2.05) is 91.8 Å². The Morgan fingerprint density at radius 2 is 1.36 bits per heavy atom. The molecule has 4 aromatic rings. The number of benzene rings is 3. The fourth-order valence-corrected chi connectivity index (χ4v) is 3.12. The van der Waals surface area contributed by atoms with Crippen molar-refractivity contribution in [2.45, 2.75) is 0 Å². The number of para-hydroxylation sites is 1. The summed E-state index contributed by atoms with van der Waals surface area (Å²) in [5, 5.41) is 3.02. The second-order valence-corrected chi connectivity index (χ2v) is 6.29. The summed E-state index contributed by atoms with van der Waals surface area (Å²) >= 11 is 0. The van der Waals surface area contributed by atoms with Crippen molar-refractivity contribution in [2.75, 3.05) is 19.0 Å². The average Bonchev–Trinajstić information content (AvgIpc) is 2.67. The number of hydrogen-bond acceptors (Lipinski definition) is 3. The molecule has 0 spiro atoms. The lowest BCUT2D eigenvalue weighted by Gasteiger charge is -2.13. The van der Waals surface area contributed by atoms with Gasteiger partial charge in [0.25, 0.3) is 0 Å². The van der Waals surface area contributed by atoms with Crippen molar-refractivity contribution >= 4 is 33.1 Å². The number of aromatic nitrogens is 1. The number of nitrogens with zero attached hydrogens (tertiary/aromatic N) is 2. The summed E-state index contributed by atoms with van der Waals surface area (Å²) in [6.07, 6.45) is 0. The molecule has 0 unspecified atom stereocenters. The normalized spacial score (nSPS) is 11.0. The van der Waals surface area contributed by atoms with Gasteiger partial charge in [-0.2, -0.15) is 0 Å². The topological polar surface area (TPSA) is 33.2 Å². The van der Waals surface area contributed by atoms with Crippen LogP contribution in [0.2, 0.25) is 0 Å². The molecule has 1 heterocycles. The summed E-state index contributed by atoms with van der Waals surface area (Å²) in [5.74, 6) is -0.0488. The quantitative estimate of drug-likeness (QED) is 0.405. The van der Waals surface area contributed by atoms with Crippen LogP contribution in [0, 0.1) is 0 Å². The maximum atomic E-state index is 13.1. The summed E-state index contributed by atoms with van der Waals surface area (Å²) in [5.41, 5.74) is 3.06. The molecule has 1 aromatic heterocycles. The Morgan fingerprint density at radius 3 is 2.04 bits per heavy atom. The van der Waals surface area contributed by atoms with Crippen molar-refractivity contribution in [1.29, 1.82) is 0 Å². The lowest BCUT2D eigenvalue weighted by atomic mass is 9.99. The third-order valence-corrected chi connectivity index (χ3v) is 4.47. The van der Waals surface area contributed by atoms with E-state index >= 15 is 0 Å². The van der Waals surface area contributed by atoms with Crippen LogP contribution in [-0.4, -0.2) is 24.9 Å². The molecular weight excluding hydrogens is 308 g/mol. The number of carbonyl (C=O) groups excluding carboxylic acids is 1. The van der Waals surface area contributed by atoms with Crippen molar-refractivity contribution in [3.63, 3.8) is 0 Å². The van der Waals surface area contributed by atoms with Crippen molar-refractivity contribution in [3.8, 4) is 0 Å². The Balaban J connectivity index is 1.91. The molecule has 0 aliphatic carbocycles. The van der Waals surface area contributed by atoms with Gasteiger partial charge < -0.3 is 4.90 Å². The number of fused-ring (bicyclic) bond motifs is 3. The molecule has 0 saturated heterocycles. The van der Waals surface area contributed by atoms with Gasteiger partial charge in [0.05, 0.1) is 5.52 Å². The Labute approximate surface area is 146 Å². The Bertz CT molecular complexity index is 1080. The summed E-state index contributed by atoms with van der Waals surface area (Å²) in [7, 11) is 3.96. The molecule has 122 valence electrons. The molecule has 0 aliphatic rings. The number of hydrogen-bond donors (Lipinski definition) is 0. The van der Waals surface area contributed by atoms with E-state index < -0.39 is 0 Å². The van der Waals surface area contributed by atoms with Crippen LogP contribution in [-0.2, 0) is 0 Å². The molecule has 0 atom stereocenters. The second-order valence-electron chi connectivity index (χ2n) is 6.29. The van der Waals surface area contributed by atoms with Gasteiger partial charge in [-0.25, -0.2) is 4.98 Å². The van der Waals surface area contributed by atoms with Gasteiger partial charge in [-0.1, -0.05) is 42.5 Å². The maximum Gasteiger partial charge on any atom is 0.212 e. The van der Waals surface area contributed by atoms with Crippen LogP contribution in [0.25, 0.3) is 21.7 Å². The van der Waals surface area contributed by atoms with Gasteiger partial charge in [0, 0.05) is 36.1 Å². The zero-order valence-electron chi connectivity index (χ0n) is 14.2. The Morgan fingerprint density at radius 1 is 0.760 bits per heavy atom. The Kier molecular flexibility index (Phi) is 3.69. The number of anilines is 1. The number of rotatable bonds is 3. The minimum atomic E-state index is -0.0488. The number of pyridine rings is 1. The molecule has 0 amide bonds. The summed E-state index contributed by atoms with van der Waals surface area (Å²) in [6, 6.07) is 23.5. The molecule has 4 rings (SSSR count). The third-order valence-electron chi connectivity index (χ3n) is 4.47. The molecule has 0 aliphatic heterocycles. The molecule has 3 aromatic carbocycles. The third kappa shape index (κ3) is 2.64. The lowest BCUT2D eigenvalue weighted by molar-refractivity contribution is 0.103. The molecule has 0 saturated carbocycles. The first-order chi connectivity index (χ1) is 12.1. The van der Waals surface area contributed by atoms with Gasteiger partial charge in [-0.3, -0.25) is 4.79 Å². The first-order valence-electron chi connectivity index (χ1n) is 8.25. The summed E-state index contributed by atoms with van der Waals surface area (Å²) in [6.45, 7) is 0. The van der Waals surface area contributed by atoms with Gasteiger partial charge >= 0.3 is 0 Å². The van der Waals surface area contributed by atoms with Crippen LogP contribution in [0.4, 0.5) is 5.69 Å². The number of ketones is 1. The lowest BCUT2D eigenvalue weighted by Crippen LogP contribution is -2.09. The fourth-order valence-electron chi connectivity index (χ4n) is 3.12. The van der Waals surface area contributed by atoms with E-state index in [1.54, 1.807) is 0 Å². The summed E-state index contributed by atoms with van der Waals surface area (Å²) in [4.78, 5) is 19.8. The van der Waals surface area contributed by atoms with Crippen LogP contribution < -0.4 is 4.90 Å². The maximum absolute atomic E-state index is 13.1. The highest BCUT2D eigenvalue weighted by Gasteiger charge is 2.16. The molecular formula is C22H18N2O. The highest BCUT2D eigenvalue weighted by Crippen LogP contribution is 2.27. The first kappa shape index (κ1) is 15.3. The molecule has 0 N–H and O–H groups in total. The first-order valence-corrected chi connectivity index (χ1v) is 8.25. The molecule has 0 radical (unpaired) electrons. The van der Waals surface area contributed by atoms with Crippen LogP contribution >= 0.6 is 0 Å². The van der Waals surface area contributed by atoms with Gasteiger partial charge in [-0.15, -0.1) is 0 Å². The van der Waals surface area contributed by atoms with E-state index in [-0.39, 0.29) is 5.78 Å². The van der Waals surface area contributed by atoms with E-state index in [0.29, 0.717) is 11.3 Å². The van der Waals surface area contributed by atoms with Crippen molar-refractivity contribution < 1.29 is 4.79 Å². The van der Waals surface area contributed by atoms with E-state index in [0.717, 1.165) is 27.4 Å². The molecule has 0 bridgehead atoms.